The second kappa shape index (κ2) is 6.44. The highest BCUT2D eigenvalue weighted by molar-refractivity contribution is 5.98. The van der Waals surface area contributed by atoms with Gasteiger partial charge in [0.2, 0.25) is 5.91 Å². The molecule has 3 aromatic rings. The van der Waals surface area contributed by atoms with E-state index >= 15 is 0 Å². The van der Waals surface area contributed by atoms with Gasteiger partial charge in [-0.2, -0.15) is 4.98 Å². The van der Waals surface area contributed by atoms with Crippen molar-refractivity contribution in [1.82, 2.24) is 9.97 Å². The van der Waals surface area contributed by atoms with Gasteiger partial charge in [0, 0.05) is 0 Å². The van der Waals surface area contributed by atoms with Gasteiger partial charge in [-0.15, -0.1) is 0 Å². The smallest absolute Gasteiger partial charge is 0.304 e. The molecule has 26 heavy (non-hydrogen) atoms. The number of H-pyrrole nitrogens is 1. The number of hydrogen-bond donors (Lipinski definition) is 2. The van der Waals surface area contributed by atoms with Gasteiger partial charge < -0.3 is 10.1 Å². The molecule has 0 aliphatic carbocycles. The Kier molecular flexibility index (Phi) is 3.96. The maximum Gasteiger partial charge on any atom is 0.304 e. The highest BCUT2D eigenvalue weighted by Gasteiger charge is 2.31. The molecule has 1 unspecified atom stereocenters. The molecule has 0 bridgehead atoms. The zero-order valence-corrected chi connectivity index (χ0v) is 13.5. The van der Waals surface area contributed by atoms with Crippen molar-refractivity contribution in [2.45, 2.75) is 12.3 Å². The fourth-order valence-electron chi connectivity index (χ4n) is 2.88. The molecule has 1 aliphatic heterocycles. The molecule has 1 aliphatic rings. The van der Waals surface area contributed by atoms with Crippen LogP contribution in [0.15, 0.2) is 59.4 Å². The number of para-hydroxylation sites is 1. The summed E-state index contributed by atoms with van der Waals surface area (Å²) in [7, 11) is 0. The lowest BCUT2D eigenvalue weighted by molar-refractivity contribution is -0.117. The Morgan fingerprint density at radius 3 is 2.50 bits per heavy atom. The van der Waals surface area contributed by atoms with Crippen molar-refractivity contribution in [2.75, 3.05) is 5.32 Å². The van der Waals surface area contributed by atoms with E-state index < -0.39 is 5.92 Å². The molecule has 4 rings (SSSR count). The first-order valence-corrected chi connectivity index (χ1v) is 8.02. The lowest BCUT2D eigenvalue weighted by atomic mass is 9.89. The number of nitrogens with zero attached hydrogens (tertiary/aromatic N) is 1. The predicted molar refractivity (Wildman–Crippen MR) is 92.8 cm³/mol. The van der Waals surface area contributed by atoms with E-state index in [-0.39, 0.29) is 35.5 Å². The number of aromatic nitrogens is 2. The number of fused-ring (bicyclic) bond motifs is 1. The second-order valence-electron chi connectivity index (χ2n) is 5.91. The molecule has 1 aromatic heterocycles. The third-order valence-electron chi connectivity index (χ3n) is 4.19. The first-order chi connectivity index (χ1) is 12.6. The minimum Gasteiger partial charge on any atom is -0.426 e. The number of carbonyl (C=O) groups is 1. The molecule has 1 atom stereocenters. The highest BCUT2D eigenvalue weighted by Crippen LogP contribution is 2.29. The summed E-state index contributed by atoms with van der Waals surface area (Å²) in [6, 6.07) is 14.5. The van der Waals surface area contributed by atoms with Gasteiger partial charge in [0.15, 0.2) is 0 Å². The van der Waals surface area contributed by atoms with Crippen molar-refractivity contribution >= 4 is 11.7 Å². The van der Waals surface area contributed by atoms with E-state index in [1.165, 1.54) is 12.1 Å². The second-order valence-corrected chi connectivity index (χ2v) is 5.91. The minimum absolute atomic E-state index is 0.000446. The Morgan fingerprint density at radius 2 is 1.77 bits per heavy atom. The van der Waals surface area contributed by atoms with Crippen LogP contribution in [-0.2, 0) is 11.2 Å². The fraction of sp³-hybridized carbons (Fsp3) is 0.105. The predicted octanol–water partition coefficient (Wildman–Crippen LogP) is 2.98. The van der Waals surface area contributed by atoms with Gasteiger partial charge in [-0.25, -0.2) is 4.39 Å². The summed E-state index contributed by atoms with van der Waals surface area (Å²) in [6.45, 7) is 0. The topological polar surface area (TPSA) is 84.1 Å². The van der Waals surface area contributed by atoms with Crippen LogP contribution in [0, 0.1) is 5.82 Å². The molecule has 2 N–H and O–H groups in total. The summed E-state index contributed by atoms with van der Waals surface area (Å²) >= 11 is 0. The number of halogens is 1. The lowest BCUT2D eigenvalue weighted by Gasteiger charge is -2.23. The van der Waals surface area contributed by atoms with Crippen LogP contribution in [-0.4, -0.2) is 15.9 Å². The third-order valence-corrected chi connectivity index (χ3v) is 4.19. The van der Waals surface area contributed by atoms with Gasteiger partial charge in [-0.3, -0.25) is 14.6 Å². The van der Waals surface area contributed by atoms with Crippen LogP contribution < -0.4 is 15.6 Å². The molecular weight excluding hydrogens is 337 g/mol. The number of hydrogen-bond acceptors (Lipinski definition) is 4. The largest absolute Gasteiger partial charge is 0.426 e. The van der Waals surface area contributed by atoms with Crippen molar-refractivity contribution in [2.24, 2.45) is 0 Å². The molecule has 130 valence electrons. The summed E-state index contributed by atoms with van der Waals surface area (Å²) < 4.78 is 18.6. The summed E-state index contributed by atoms with van der Waals surface area (Å²) in [6.07, 6.45) is 0.181. The van der Waals surface area contributed by atoms with Crippen molar-refractivity contribution < 1.29 is 13.9 Å². The number of aromatic amines is 1. The zero-order chi connectivity index (χ0) is 18.1. The number of amides is 1. The van der Waals surface area contributed by atoms with Crippen LogP contribution in [0.25, 0.3) is 0 Å². The summed E-state index contributed by atoms with van der Waals surface area (Å²) in [4.78, 5) is 31.6. The number of carbonyl (C=O) groups excluding carboxylic acids is 1. The molecule has 0 saturated heterocycles. The molecule has 7 heteroatoms. The summed E-state index contributed by atoms with van der Waals surface area (Å²) in [5.41, 5.74) is 0.617. The van der Waals surface area contributed by atoms with E-state index in [9.17, 15) is 14.0 Å². The van der Waals surface area contributed by atoms with Gasteiger partial charge in [0.05, 0.1) is 11.5 Å². The SMILES string of the molecule is O=C1Nc2nc(Oc3ccccc3)[nH]c(=O)c2CC1c1ccc(F)cc1. The number of rotatable bonds is 3. The number of ether oxygens (including phenoxy) is 1. The number of nitrogens with one attached hydrogen (secondary N) is 2. The van der Waals surface area contributed by atoms with Crippen molar-refractivity contribution in [3.63, 3.8) is 0 Å². The van der Waals surface area contributed by atoms with E-state index in [0.717, 1.165) is 0 Å². The fourth-order valence-corrected chi connectivity index (χ4v) is 2.88. The van der Waals surface area contributed by atoms with E-state index in [1.54, 1.807) is 36.4 Å². The van der Waals surface area contributed by atoms with E-state index in [1.807, 2.05) is 6.07 Å². The molecular formula is C19H14FN3O3. The number of benzene rings is 2. The standard InChI is InChI=1S/C19H14FN3O3/c20-12-8-6-11(7-9-12)14-10-15-16(21-17(14)24)22-19(23-18(15)25)26-13-4-2-1-3-5-13/h1-9,14H,10H2,(H2,21,22,23,24,25). The quantitative estimate of drug-likeness (QED) is 0.760. The van der Waals surface area contributed by atoms with Crippen LogP contribution in [0.1, 0.15) is 17.0 Å². The van der Waals surface area contributed by atoms with E-state index in [0.29, 0.717) is 16.9 Å². The van der Waals surface area contributed by atoms with Crippen molar-refractivity contribution in [3.8, 4) is 11.8 Å². The Labute approximate surface area is 147 Å². The van der Waals surface area contributed by atoms with Crippen LogP contribution in [0.2, 0.25) is 0 Å². The Bertz CT molecular complexity index is 1020. The Balaban J connectivity index is 1.65. The summed E-state index contributed by atoms with van der Waals surface area (Å²) in [5.74, 6) is -0.558. The minimum atomic E-state index is -0.577. The first kappa shape index (κ1) is 16.0. The normalized spacial score (nSPS) is 15.9. The van der Waals surface area contributed by atoms with Gasteiger partial charge in [-0.05, 0) is 36.2 Å². The van der Waals surface area contributed by atoms with Crippen LogP contribution in [0.4, 0.5) is 10.2 Å². The van der Waals surface area contributed by atoms with Crippen LogP contribution in [0.5, 0.6) is 11.8 Å². The van der Waals surface area contributed by atoms with Gasteiger partial charge in [0.1, 0.15) is 17.4 Å². The third kappa shape index (κ3) is 3.06. The Hall–Kier alpha value is -3.48. The maximum atomic E-state index is 13.1. The van der Waals surface area contributed by atoms with Crippen molar-refractivity contribution in [1.29, 1.82) is 0 Å². The molecule has 0 fully saturated rings. The molecule has 2 heterocycles. The van der Waals surface area contributed by atoms with Gasteiger partial charge in [-0.1, -0.05) is 30.3 Å². The molecule has 0 radical (unpaired) electrons. The van der Waals surface area contributed by atoms with Crippen LogP contribution in [0.3, 0.4) is 0 Å². The zero-order valence-electron chi connectivity index (χ0n) is 13.5. The van der Waals surface area contributed by atoms with Crippen LogP contribution >= 0.6 is 0 Å². The van der Waals surface area contributed by atoms with Gasteiger partial charge in [0.25, 0.3) is 5.56 Å². The van der Waals surface area contributed by atoms with Crippen molar-refractivity contribution in [3.05, 3.63) is 81.9 Å². The highest BCUT2D eigenvalue weighted by atomic mass is 19.1. The molecule has 2 aromatic carbocycles. The molecule has 1 amide bonds. The molecule has 0 spiro atoms. The van der Waals surface area contributed by atoms with Gasteiger partial charge >= 0.3 is 6.01 Å². The monoisotopic (exact) mass is 351 g/mol. The number of anilines is 1. The average molecular weight is 351 g/mol. The first-order valence-electron chi connectivity index (χ1n) is 8.02. The Morgan fingerprint density at radius 1 is 1.04 bits per heavy atom. The van der Waals surface area contributed by atoms with E-state index in [4.69, 9.17) is 4.74 Å². The average Bonchev–Trinajstić information content (AvgIpc) is 2.63. The summed E-state index contributed by atoms with van der Waals surface area (Å²) in [5, 5.41) is 2.65. The van der Waals surface area contributed by atoms with E-state index in [2.05, 4.69) is 15.3 Å². The molecule has 0 saturated carbocycles. The maximum absolute atomic E-state index is 13.1. The molecule has 6 nitrogen and oxygen atoms in total. The lowest BCUT2D eigenvalue weighted by Crippen LogP contribution is -2.33.